The number of aromatic nitrogens is 1. The highest BCUT2D eigenvalue weighted by molar-refractivity contribution is 5.52. The van der Waals surface area contributed by atoms with E-state index in [1.165, 1.54) is 6.42 Å². The molecule has 2 aliphatic heterocycles. The molecule has 3 rings (SSSR count). The van der Waals surface area contributed by atoms with Crippen molar-refractivity contribution in [2.45, 2.75) is 37.5 Å². The summed E-state index contributed by atoms with van der Waals surface area (Å²) in [5, 5.41) is 12.3. The molecule has 2 bridgehead atoms. The lowest BCUT2D eigenvalue weighted by Crippen LogP contribution is -2.31. The number of fused-ring (bicyclic) bond motifs is 2. The molecule has 2 fully saturated rings. The summed E-state index contributed by atoms with van der Waals surface area (Å²) in [5.74, 6) is 0.686. The highest BCUT2D eigenvalue weighted by atomic mass is 16.5. The molecule has 4 nitrogen and oxygen atoms in total. The third-order valence-electron chi connectivity index (χ3n) is 3.36. The normalized spacial score (nSPS) is 31.3. The van der Waals surface area contributed by atoms with Gasteiger partial charge >= 0.3 is 0 Å². The van der Waals surface area contributed by atoms with Crippen LogP contribution < -0.4 is 5.32 Å². The maximum atomic E-state index is 8.96. The third kappa shape index (κ3) is 1.54. The van der Waals surface area contributed by atoms with Gasteiger partial charge in [-0.05, 0) is 31.4 Å². The Morgan fingerprint density at radius 3 is 3.12 bits per heavy atom. The molecule has 0 amide bonds. The Kier molecular flexibility index (Phi) is 2.26. The second-order valence-electron chi connectivity index (χ2n) is 4.37. The summed E-state index contributed by atoms with van der Waals surface area (Å²) in [6.07, 6.45) is 5.76. The van der Waals surface area contributed by atoms with Gasteiger partial charge in [0.1, 0.15) is 11.9 Å². The molecule has 82 valence electrons. The van der Waals surface area contributed by atoms with E-state index in [0.29, 0.717) is 29.6 Å². The molecule has 3 heterocycles. The molecule has 0 aromatic carbocycles. The fraction of sp³-hybridized carbons (Fsp3) is 0.500. The molecular formula is C12H13N3O. The first kappa shape index (κ1) is 9.61. The largest absolute Gasteiger partial charge is 0.373 e. The van der Waals surface area contributed by atoms with Crippen molar-refractivity contribution in [3.63, 3.8) is 0 Å². The Morgan fingerprint density at radius 1 is 1.50 bits per heavy atom. The number of hydrogen-bond donors (Lipinski definition) is 1. The van der Waals surface area contributed by atoms with E-state index in [0.717, 1.165) is 12.8 Å². The first-order valence-electron chi connectivity index (χ1n) is 5.64. The zero-order valence-electron chi connectivity index (χ0n) is 8.89. The number of nitriles is 1. The maximum absolute atomic E-state index is 8.96. The van der Waals surface area contributed by atoms with Crippen LogP contribution in [0.4, 0.5) is 5.82 Å². The SMILES string of the molecule is N#Cc1cccnc1N[C@H]1C[C@H]2CC[C@H]1O2. The van der Waals surface area contributed by atoms with Crippen LogP contribution in [0.2, 0.25) is 0 Å². The van der Waals surface area contributed by atoms with E-state index >= 15 is 0 Å². The van der Waals surface area contributed by atoms with E-state index < -0.39 is 0 Å². The molecule has 16 heavy (non-hydrogen) atoms. The fourth-order valence-electron chi connectivity index (χ4n) is 2.58. The zero-order chi connectivity index (χ0) is 11.0. The molecule has 1 N–H and O–H groups in total. The van der Waals surface area contributed by atoms with E-state index in [1.807, 2.05) is 0 Å². The highest BCUT2D eigenvalue weighted by Crippen LogP contribution is 2.35. The molecule has 3 atom stereocenters. The van der Waals surface area contributed by atoms with E-state index in [1.54, 1.807) is 18.3 Å². The number of anilines is 1. The molecule has 4 heteroatoms. The summed E-state index contributed by atoms with van der Waals surface area (Å²) in [6.45, 7) is 0. The number of hydrogen-bond acceptors (Lipinski definition) is 4. The second-order valence-corrected chi connectivity index (χ2v) is 4.37. The highest BCUT2D eigenvalue weighted by Gasteiger charge is 2.40. The van der Waals surface area contributed by atoms with Crippen LogP contribution in [0.1, 0.15) is 24.8 Å². The minimum atomic E-state index is 0.304. The zero-order valence-corrected chi connectivity index (χ0v) is 8.89. The Bertz CT molecular complexity index is 440. The Labute approximate surface area is 94.2 Å². The van der Waals surface area contributed by atoms with E-state index in [-0.39, 0.29) is 0 Å². The van der Waals surface area contributed by atoms with Crippen LogP contribution in [0.3, 0.4) is 0 Å². The third-order valence-corrected chi connectivity index (χ3v) is 3.36. The molecule has 0 saturated carbocycles. The molecule has 2 aliphatic rings. The van der Waals surface area contributed by atoms with Gasteiger partial charge in [0.2, 0.25) is 0 Å². The molecule has 0 aliphatic carbocycles. The predicted molar refractivity (Wildman–Crippen MR) is 58.9 cm³/mol. The van der Waals surface area contributed by atoms with Gasteiger partial charge in [-0.3, -0.25) is 0 Å². The van der Waals surface area contributed by atoms with Crippen molar-refractivity contribution in [3.05, 3.63) is 23.9 Å². The summed E-state index contributed by atoms with van der Waals surface area (Å²) in [7, 11) is 0. The van der Waals surface area contributed by atoms with Crippen molar-refractivity contribution >= 4 is 5.82 Å². The minimum Gasteiger partial charge on any atom is -0.373 e. The fourth-order valence-corrected chi connectivity index (χ4v) is 2.58. The molecule has 0 spiro atoms. The molecule has 2 saturated heterocycles. The molecule has 1 aromatic rings. The summed E-state index contributed by atoms with van der Waals surface area (Å²) >= 11 is 0. The number of rotatable bonds is 2. The predicted octanol–water partition coefficient (Wildman–Crippen LogP) is 1.69. The van der Waals surface area contributed by atoms with Crippen LogP contribution in [0.5, 0.6) is 0 Å². The summed E-state index contributed by atoms with van der Waals surface area (Å²) in [5.41, 5.74) is 0.602. The van der Waals surface area contributed by atoms with E-state index in [4.69, 9.17) is 10.00 Å². The standard InChI is InChI=1S/C12H13N3O/c13-7-8-2-1-5-14-12(8)15-10-6-9-3-4-11(10)16-9/h1-2,5,9-11H,3-4,6H2,(H,14,15)/t9-,10+,11-/m1/s1. The van der Waals surface area contributed by atoms with Crippen LogP contribution in [0.25, 0.3) is 0 Å². The molecular weight excluding hydrogens is 202 g/mol. The van der Waals surface area contributed by atoms with Gasteiger partial charge < -0.3 is 10.1 Å². The van der Waals surface area contributed by atoms with Gasteiger partial charge in [0.25, 0.3) is 0 Å². The van der Waals surface area contributed by atoms with Crippen molar-refractivity contribution in [1.82, 2.24) is 4.98 Å². The number of nitrogens with one attached hydrogen (secondary N) is 1. The van der Waals surface area contributed by atoms with Gasteiger partial charge in [-0.15, -0.1) is 0 Å². The van der Waals surface area contributed by atoms with Gasteiger partial charge in [0.05, 0.1) is 23.8 Å². The van der Waals surface area contributed by atoms with Crippen LogP contribution in [0, 0.1) is 11.3 Å². The van der Waals surface area contributed by atoms with Gasteiger partial charge in [-0.25, -0.2) is 4.98 Å². The quantitative estimate of drug-likeness (QED) is 0.815. The monoisotopic (exact) mass is 215 g/mol. The lowest BCUT2D eigenvalue weighted by atomic mass is 9.95. The smallest absolute Gasteiger partial charge is 0.144 e. The molecule has 0 radical (unpaired) electrons. The summed E-state index contributed by atoms with van der Waals surface area (Å²) in [4.78, 5) is 4.21. The van der Waals surface area contributed by atoms with E-state index in [2.05, 4.69) is 16.4 Å². The average molecular weight is 215 g/mol. The van der Waals surface area contributed by atoms with Gasteiger partial charge in [0.15, 0.2) is 0 Å². The van der Waals surface area contributed by atoms with Crippen molar-refractivity contribution in [2.75, 3.05) is 5.32 Å². The van der Waals surface area contributed by atoms with E-state index in [9.17, 15) is 0 Å². The first-order chi connectivity index (χ1) is 7.86. The average Bonchev–Trinajstić information content (AvgIpc) is 2.92. The van der Waals surface area contributed by atoms with Gasteiger partial charge in [0, 0.05) is 6.20 Å². The lowest BCUT2D eigenvalue weighted by Gasteiger charge is -2.20. The Balaban J connectivity index is 1.77. The number of nitrogens with zero attached hydrogens (tertiary/aromatic N) is 2. The second kappa shape index (κ2) is 3.76. The van der Waals surface area contributed by atoms with Crippen LogP contribution in [0.15, 0.2) is 18.3 Å². The Morgan fingerprint density at radius 2 is 2.44 bits per heavy atom. The Hall–Kier alpha value is -1.60. The van der Waals surface area contributed by atoms with Crippen LogP contribution in [-0.2, 0) is 4.74 Å². The van der Waals surface area contributed by atoms with Gasteiger partial charge in [-0.1, -0.05) is 0 Å². The van der Waals surface area contributed by atoms with Crippen molar-refractivity contribution in [2.24, 2.45) is 0 Å². The van der Waals surface area contributed by atoms with Crippen LogP contribution in [-0.4, -0.2) is 23.2 Å². The van der Waals surface area contributed by atoms with Crippen molar-refractivity contribution in [3.8, 4) is 6.07 Å². The van der Waals surface area contributed by atoms with Crippen molar-refractivity contribution < 1.29 is 4.74 Å². The van der Waals surface area contributed by atoms with Crippen molar-refractivity contribution in [1.29, 1.82) is 5.26 Å². The van der Waals surface area contributed by atoms with Crippen LogP contribution >= 0.6 is 0 Å². The maximum Gasteiger partial charge on any atom is 0.144 e. The number of ether oxygens (including phenoxy) is 1. The summed E-state index contributed by atoms with van der Waals surface area (Å²) in [6, 6.07) is 6.03. The first-order valence-corrected chi connectivity index (χ1v) is 5.64. The summed E-state index contributed by atoms with van der Waals surface area (Å²) < 4.78 is 5.76. The minimum absolute atomic E-state index is 0.304. The molecule has 0 unspecified atom stereocenters. The number of pyridine rings is 1. The van der Waals surface area contributed by atoms with Gasteiger partial charge in [-0.2, -0.15) is 5.26 Å². The topological polar surface area (TPSA) is 57.9 Å². The molecule has 1 aromatic heterocycles. The lowest BCUT2D eigenvalue weighted by molar-refractivity contribution is 0.102.